The van der Waals surface area contributed by atoms with Gasteiger partial charge in [0.15, 0.2) is 0 Å². The van der Waals surface area contributed by atoms with E-state index in [1.807, 2.05) is 4.57 Å². The van der Waals surface area contributed by atoms with E-state index in [4.69, 9.17) is 0 Å². The SMILES string of the molecule is CCCCn1c2c(cc(CS)c1=O)CCC2. The summed E-state index contributed by atoms with van der Waals surface area (Å²) >= 11 is 4.25. The molecule has 16 heavy (non-hydrogen) atoms. The molecule has 3 heteroatoms. The van der Waals surface area contributed by atoms with Crippen LogP contribution in [0.4, 0.5) is 0 Å². The maximum Gasteiger partial charge on any atom is 0.254 e. The van der Waals surface area contributed by atoms with Crippen LogP contribution >= 0.6 is 12.6 Å². The van der Waals surface area contributed by atoms with Gasteiger partial charge in [-0.1, -0.05) is 13.3 Å². The van der Waals surface area contributed by atoms with Crippen molar-refractivity contribution in [2.45, 2.75) is 51.3 Å². The van der Waals surface area contributed by atoms with Gasteiger partial charge in [0.2, 0.25) is 0 Å². The van der Waals surface area contributed by atoms with Crippen LogP contribution in [0, 0.1) is 0 Å². The second kappa shape index (κ2) is 5.09. The van der Waals surface area contributed by atoms with E-state index >= 15 is 0 Å². The zero-order valence-corrected chi connectivity index (χ0v) is 10.7. The van der Waals surface area contributed by atoms with Crippen LogP contribution in [0.15, 0.2) is 10.9 Å². The van der Waals surface area contributed by atoms with Crippen molar-refractivity contribution < 1.29 is 0 Å². The van der Waals surface area contributed by atoms with E-state index in [-0.39, 0.29) is 5.56 Å². The molecule has 0 spiro atoms. The Hall–Kier alpha value is -0.700. The Kier molecular flexibility index (Phi) is 3.74. The fraction of sp³-hybridized carbons (Fsp3) is 0.615. The Morgan fingerprint density at radius 3 is 2.94 bits per heavy atom. The number of hydrogen-bond acceptors (Lipinski definition) is 2. The number of unbranched alkanes of at least 4 members (excludes halogenated alkanes) is 1. The Morgan fingerprint density at radius 1 is 1.44 bits per heavy atom. The number of rotatable bonds is 4. The molecule has 0 radical (unpaired) electrons. The van der Waals surface area contributed by atoms with E-state index in [0.29, 0.717) is 5.75 Å². The monoisotopic (exact) mass is 237 g/mol. The molecule has 2 rings (SSSR count). The summed E-state index contributed by atoms with van der Waals surface area (Å²) < 4.78 is 2.00. The average Bonchev–Trinajstić information content (AvgIpc) is 2.75. The molecule has 0 amide bonds. The summed E-state index contributed by atoms with van der Waals surface area (Å²) in [6, 6.07) is 2.07. The summed E-state index contributed by atoms with van der Waals surface area (Å²) in [5.41, 5.74) is 3.70. The minimum Gasteiger partial charge on any atom is -0.312 e. The Morgan fingerprint density at radius 2 is 2.25 bits per heavy atom. The highest BCUT2D eigenvalue weighted by atomic mass is 32.1. The second-order valence-electron chi connectivity index (χ2n) is 4.46. The molecule has 1 aromatic rings. The van der Waals surface area contributed by atoms with E-state index in [2.05, 4.69) is 25.6 Å². The zero-order valence-electron chi connectivity index (χ0n) is 9.83. The third kappa shape index (κ3) is 2.05. The van der Waals surface area contributed by atoms with Crippen molar-refractivity contribution in [2.75, 3.05) is 0 Å². The fourth-order valence-electron chi connectivity index (χ4n) is 2.45. The van der Waals surface area contributed by atoms with Crippen LogP contribution < -0.4 is 5.56 Å². The summed E-state index contributed by atoms with van der Waals surface area (Å²) in [6.45, 7) is 3.03. The van der Waals surface area contributed by atoms with Crippen molar-refractivity contribution in [3.63, 3.8) is 0 Å². The molecule has 1 aliphatic rings. The zero-order chi connectivity index (χ0) is 11.5. The smallest absolute Gasteiger partial charge is 0.254 e. The molecular formula is C13H19NOS. The summed E-state index contributed by atoms with van der Waals surface area (Å²) in [5.74, 6) is 0.554. The molecule has 0 fully saturated rings. The van der Waals surface area contributed by atoms with Crippen molar-refractivity contribution in [1.82, 2.24) is 4.57 Å². The molecule has 1 aromatic heterocycles. The number of thiol groups is 1. The lowest BCUT2D eigenvalue weighted by Crippen LogP contribution is -2.26. The average molecular weight is 237 g/mol. The number of aromatic nitrogens is 1. The molecule has 0 aliphatic heterocycles. The quantitative estimate of drug-likeness (QED) is 0.799. The van der Waals surface area contributed by atoms with Crippen LogP contribution in [0.2, 0.25) is 0 Å². The number of pyridine rings is 1. The Balaban J connectivity index is 2.47. The molecule has 0 saturated carbocycles. The van der Waals surface area contributed by atoms with E-state index in [1.165, 1.54) is 17.7 Å². The third-order valence-electron chi connectivity index (χ3n) is 3.33. The van der Waals surface area contributed by atoms with Crippen LogP contribution in [0.25, 0.3) is 0 Å². The standard InChI is InChI=1S/C13H19NOS/c1-2-3-7-14-12-6-4-5-10(12)8-11(9-16)13(14)15/h8,16H,2-7,9H2,1H3. The molecule has 1 heterocycles. The number of fused-ring (bicyclic) bond motifs is 1. The lowest BCUT2D eigenvalue weighted by Gasteiger charge is -2.13. The van der Waals surface area contributed by atoms with Crippen LogP contribution in [0.3, 0.4) is 0 Å². The van der Waals surface area contributed by atoms with Crippen molar-refractivity contribution >= 4 is 12.6 Å². The fourth-order valence-corrected chi connectivity index (χ4v) is 2.68. The molecule has 0 saturated heterocycles. The third-order valence-corrected chi connectivity index (χ3v) is 3.67. The van der Waals surface area contributed by atoms with Crippen molar-refractivity contribution in [3.8, 4) is 0 Å². The molecule has 0 unspecified atom stereocenters. The van der Waals surface area contributed by atoms with Gasteiger partial charge in [0.05, 0.1) is 0 Å². The van der Waals surface area contributed by atoms with Gasteiger partial charge < -0.3 is 4.57 Å². The van der Waals surface area contributed by atoms with E-state index in [9.17, 15) is 4.79 Å². The lowest BCUT2D eigenvalue weighted by molar-refractivity contribution is 0.587. The largest absolute Gasteiger partial charge is 0.312 e. The van der Waals surface area contributed by atoms with Gasteiger partial charge >= 0.3 is 0 Å². The maximum atomic E-state index is 12.2. The van der Waals surface area contributed by atoms with Crippen molar-refractivity contribution in [3.05, 3.63) is 33.2 Å². The highest BCUT2D eigenvalue weighted by molar-refractivity contribution is 7.79. The van der Waals surface area contributed by atoms with Gasteiger partial charge in [0.25, 0.3) is 5.56 Å². The van der Waals surface area contributed by atoms with Crippen LogP contribution in [0.5, 0.6) is 0 Å². The number of nitrogens with zero attached hydrogens (tertiary/aromatic N) is 1. The molecule has 0 atom stereocenters. The molecule has 0 N–H and O–H groups in total. The molecule has 88 valence electrons. The minimum atomic E-state index is 0.184. The van der Waals surface area contributed by atoms with Gasteiger partial charge in [0, 0.05) is 23.6 Å². The Bertz CT molecular complexity index is 436. The van der Waals surface area contributed by atoms with E-state index < -0.39 is 0 Å². The van der Waals surface area contributed by atoms with Gasteiger partial charge in [0.1, 0.15) is 0 Å². The molecule has 0 aromatic carbocycles. The second-order valence-corrected chi connectivity index (χ2v) is 4.78. The molecule has 0 bridgehead atoms. The summed E-state index contributed by atoms with van der Waals surface area (Å²) in [7, 11) is 0. The van der Waals surface area contributed by atoms with E-state index in [0.717, 1.165) is 37.8 Å². The first-order chi connectivity index (χ1) is 7.77. The number of aryl methyl sites for hydroxylation is 1. The normalized spacial score (nSPS) is 14.1. The maximum absolute atomic E-state index is 12.2. The van der Waals surface area contributed by atoms with Gasteiger partial charge in [-0.15, -0.1) is 0 Å². The predicted octanol–water partition coefficient (Wildman–Crippen LogP) is 2.57. The van der Waals surface area contributed by atoms with Gasteiger partial charge in [-0.05, 0) is 37.3 Å². The van der Waals surface area contributed by atoms with Gasteiger partial charge in [-0.2, -0.15) is 12.6 Å². The van der Waals surface area contributed by atoms with E-state index in [1.54, 1.807) is 0 Å². The first-order valence-electron chi connectivity index (χ1n) is 6.13. The first-order valence-corrected chi connectivity index (χ1v) is 6.76. The predicted molar refractivity (Wildman–Crippen MR) is 70.3 cm³/mol. The van der Waals surface area contributed by atoms with Crippen molar-refractivity contribution in [1.29, 1.82) is 0 Å². The molecular weight excluding hydrogens is 218 g/mol. The van der Waals surface area contributed by atoms with Crippen LogP contribution in [-0.2, 0) is 25.1 Å². The minimum absolute atomic E-state index is 0.184. The number of hydrogen-bond donors (Lipinski definition) is 1. The van der Waals surface area contributed by atoms with Crippen LogP contribution in [-0.4, -0.2) is 4.57 Å². The first kappa shape index (κ1) is 11.8. The molecule has 1 aliphatic carbocycles. The van der Waals surface area contributed by atoms with Crippen LogP contribution in [0.1, 0.15) is 43.0 Å². The molecule has 2 nitrogen and oxygen atoms in total. The lowest BCUT2D eigenvalue weighted by atomic mass is 10.1. The van der Waals surface area contributed by atoms with Gasteiger partial charge in [-0.3, -0.25) is 4.79 Å². The summed E-state index contributed by atoms with van der Waals surface area (Å²) in [6.07, 6.45) is 5.61. The van der Waals surface area contributed by atoms with Crippen molar-refractivity contribution in [2.24, 2.45) is 0 Å². The van der Waals surface area contributed by atoms with Gasteiger partial charge in [-0.25, -0.2) is 0 Å². The Labute approximate surface area is 102 Å². The highest BCUT2D eigenvalue weighted by Crippen LogP contribution is 2.22. The topological polar surface area (TPSA) is 22.0 Å². The summed E-state index contributed by atoms with van der Waals surface area (Å²) in [5, 5.41) is 0. The summed E-state index contributed by atoms with van der Waals surface area (Å²) in [4.78, 5) is 12.2. The highest BCUT2D eigenvalue weighted by Gasteiger charge is 2.17.